The van der Waals surface area contributed by atoms with Gasteiger partial charge in [0.2, 0.25) is 0 Å². The highest BCUT2D eigenvalue weighted by atomic mass is 16.4. The Morgan fingerprint density at radius 3 is 2.88 bits per heavy atom. The summed E-state index contributed by atoms with van der Waals surface area (Å²) in [4.78, 5) is 10.9. The summed E-state index contributed by atoms with van der Waals surface area (Å²) in [5.74, 6) is -0.789. The van der Waals surface area contributed by atoms with Crippen molar-refractivity contribution in [1.82, 2.24) is 5.01 Å². The van der Waals surface area contributed by atoms with E-state index in [1.807, 2.05) is 30.3 Å². The Labute approximate surface area is 94.2 Å². The smallest absolute Gasteiger partial charge is 0.328 e. The molecule has 1 heterocycles. The Balaban J connectivity index is 2.04. The summed E-state index contributed by atoms with van der Waals surface area (Å²) in [5, 5.41) is 14.8. The SMILES string of the molecule is O=C(O)[C@@H]1CCCN1N=Cc1ccccc1. The summed E-state index contributed by atoms with van der Waals surface area (Å²) < 4.78 is 0. The van der Waals surface area contributed by atoms with E-state index in [1.54, 1.807) is 11.2 Å². The van der Waals surface area contributed by atoms with E-state index >= 15 is 0 Å². The molecule has 16 heavy (non-hydrogen) atoms. The van der Waals surface area contributed by atoms with Gasteiger partial charge in [-0.1, -0.05) is 30.3 Å². The van der Waals surface area contributed by atoms with E-state index in [1.165, 1.54) is 0 Å². The molecule has 0 aromatic heterocycles. The van der Waals surface area contributed by atoms with Crippen LogP contribution in [0.5, 0.6) is 0 Å². The summed E-state index contributed by atoms with van der Waals surface area (Å²) in [7, 11) is 0. The van der Waals surface area contributed by atoms with Gasteiger partial charge in [0, 0.05) is 6.54 Å². The van der Waals surface area contributed by atoms with E-state index in [0.29, 0.717) is 6.42 Å². The molecule has 1 aliphatic heterocycles. The number of aliphatic carboxylic acids is 1. The molecule has 1 aromatic carbocycles. The average molecular weight is 218 g/mol. The van der Waals surface area contributed by atoms with Gasteiger partial charge in [0.1, 0.15) is 6.04 Å². The van der Waals surface area contributed by atoms with Crippen LogP contribution in [0.15, 0.2) is 35.4 Å². The molecule has 0 aliphatic carbocycles. The Hall–Kier alpha value is -1.84. The van der Waals surface area contributed by atoms with Crippen LogP contribution < -0.4 is 0 Å². The van der Waals surface area contributed by atoms with Crippen LogP contribution in [0.3, 0.4) is 0 Å². The van der Waals surface area contributed by atoms with Gasteiger partial charge in [-0.25, -0.2) is 4.79 Å². The minimum Gasteiger partial charge on any atom is -0.480 e. The normalized spacial score (nSPS) is 20.5. The van der Waals surface area contributed by atoms with Crippen molar-refractivity contribution in [3.05, 3.63) is 35.9 Å². The molecule has 2 rings (SSSR count). The molecule has 1 aromatic rings. The fourth-order valence-corrected chi connectivity index (χ4v) is 1.82. The van der Waals surface area contributed by atoms with Crippen molar-refractivity contribution in [2.75, 3.05) is 6.54 Å². The van der Waals surface area contributed by atoms with Gasteiger partial charge in [0.05, 0.1) is 6.21 Å². The maximum absolute atomic E-state index is 10.9. The fraction of sp³-hybridized carbons (Fsp3) is 0.333. The number of hydrazone groups is 1. The zero-order chi connectivity index (χ0) is 11.4. The van der Waals surface area contributed by atoms with Gasteiger partial charge in [-0.2, -0.15) is 5.10 Å². The van der Waals surface area contributed by atoms with Gasteiger partial charge in [0.15, 0.2) is 0 Å². The molecule has 0 spiro atoms. The summed E-state index contributed by atoms with van der Waals surface area (Å²) in [5.41, 5.74) is 0.985. The van der Waals surface area contributed by atoms with Crippen LogP contribution in [0.1, 0.15) is 18.4 Å². The third-order valence-corrected chi connectivity index (χ3v) is 2.66. The van der Waals surface area contributed by atoms with Gasteiger partial charge in [-0.3, -0.25) is 5.01 Å². The molecule has 1 N–H and O–H groups in total. The Morgan fingerprint density at radius 2 is 2.19 bits per heavy atom. The molecule has 1 fully saturated rings. The van der Waals surface area contributed by atoms with Crippen LogP contribution in [0, 0.1) is 0 Å². The van der Waals surface area contributed by atoms with E-state index in [4.69, 9.17) is 5.11 Å². The third-order valence-electron chi connectivity index (χ3n) is 2.66. The number of carbonyl (C=O) groups is 1. The zero-order valence-electron chi connectivity index (χ0n) is 8.91. The summed E-state index contributed by atoms with van der Waals surface area (Å²) >= 11 is 0. The molecule has 84 valence electrons. The second-order valence-electron chi connectivity index (χ2n) is 3.81. The van der Waals surface area contributed by atoms with E-state index in [-0.39, 0.29) is 0 Å². The van der Waals surface area contributed by atoms with Crippen molar-refractivity contribution in [3.8, 4) is 0 Å². The zero-order valence-corrected chi connectivity index (χ0v) is 8.91. The van der Waals surface area contributed by atoms with E-state index in [0.717, 1.165) is 18.5 Å². The number of hydrogen-bond donors (Lipinski definition) is 1. The lowest BCUT2D eigenvalue weighted by Gasteiger charge is -2.16. The molecular formula is C12H14N2O2. The Bertz CT molecular complexity index is 389. The molecule has 0 radical (unpaired) electrons. The molecule has 1 atom stereocenters. The first-order valence-electron chi connectivity index (χ1n) is 5.36. The first-order chi connectivity index (χ1) is 7.77. The van der Waals surface area contributed by atoms with Crippen molar-refractivity contribution >= 4 is 12.2 Å². The van der Waals surface area contributed by atoms with Crippen LogP contribution in [-0.2, 0) is 4.79 Å². The van der Waals surface area contributed by atoms with Crippen LogP contribution in [0.4, 0.5) is 0 Å². The number of carboxylic acids is 1. The first kappa shape index (κ1) is 10.7. The predicted molar refractivity (Wildman–Crippen MR) is 61.4 cm³/mol. The van der Waals surface area contributed by atoms with Crippen LogP contribution in [0.25, 0.3) is 0 Å². The van der Waals surface area contributed by atoms with Gasteiger partial charge >= 0.3 is 5.97 Å². The summed E-state index contributed by atoms with van der Waals surface area (Å²) in [6, 6.07) is 9.22. The van der Waals surface area contributed by atoms with Crippen molar-refractivity contribution in [1.29, 1.82) is 0 Å². The minimum absolute atomic E-state index is 0.458. The Morgan fingerprint density at radius 1 is 1.44 bits per heavy atom. The number of nitrogens with zero attached hydrogens (tertiary/aromatic N) is 2. The van der Waals surface area contributed by atoms with Crippen molar-refractivity contribution < 1.29 is 9.90 Å². The van der Waals surface area contributed by atoms with Crippen LogP contribution in [0.2, 0.25) is 0 Å². The molecule has 0 bridgehead atoms. The standard InChI is InChI=1S/C12H14N2O2/c15-12(16)11-7-4-8-14(11)13-9-10-5-2-1-3-6-10/h1-3,5-6,9,11H,4,7-8H2,(H,15,16)/t11-/m0/s1. The lowest BCUT2D eigenvalue weighted by Crippen LogP contribution is -2.31. The van der Waals surface area contributed by atoms with Crippen molar-refractivity contribution in [2.45, 2.75) is 18.9 Å². The second kappa shape index (κ2) is 4.79. The molecule has 0 saturated carbocycles. The monoisotopic (exact) mass is 218 g/mol. The largest absolute Gasteiger partial charge is 0.480 e. The first-order valence-corrected chi connectivity index (χ1v) is 5.36. The fourth-order valence-electron chi connectivity index (χ4n) is 1.82. The molecular weight excluding hydrogens is 204 g/mol. The maximum Gasteiger partial charge on any atom is 0.328 e. The van der Waals surface area contributed by atoms with Crippen LogP contribution >= 0.6 is 0 Å². The van der Waals surface area contributed by atoms with E-state index in [9.17, 15) is 4.79 Å². The molecule has 1 saturated heterocycles. The quantitative estimate of drug-likeness (QED) is 0.783. The van der Waals surface area contributed by atoms with Gasteiger partial charge < -0.3 is 5.11 Å². The van der Waals surface area contributed by atoms with Crippen molar-refractivity contribution in [3.63, 3.8) is 0 Å². The number of benzene rings is 1. The number of carboxylic acid groups (broad SMARTS) is 1. The average Bonchev–Trinajstić information content (AvgIpc) is 2.76. The molecule has 0 amide bonds. The molecule has 0 unspecified atom stereocenters. The van der Waals surface area contributed by atoms with Gasteiger partial charge in [0.25, 0.3) is 0 Å². The van der Waals surface area contributed by atoms with Gasteiger partial charge in [-0.15, -0.1) is 0 Å². The van der Waals surface area contributed by atoms with Crippen LogP contribution in [-0.4, -0.2) is 34.9 Å². The summed E-state index contributed by atoms with van der Waals surface area (Å²) in [6.07, 6.45) is 3.28. The highest BCUT2D eigenvalue weighted by Gasteiger charge is 2.29. The highest BCUT2D eigenvalue weighted by Crippen LogP contribution is 2.17. The number of rotatable bonds is 3. The lowest BCUT2D eigenvalue weighted by molar-refractivity contribution is -0.142. The van der Waals surface area contributed by atoms with E-state index < -0.39 is 12.0 Å². The molecule has 4 heteroatoms. The topological polar surface area (TPSA) is 52.9 Å². The Kier molecular flexibility index (Phi) is 3.19. The van der Waals surface area contributed by atoms with E-state index in [2.05, 4.69) is 5.10 Å². The third kappa shape index (κ3) is 2.39. The highest BCUT2D eigenvalue weighted by molar-refractivity contribution is 5.79. The summed E-state index contributed by atoms with van der Waals surface area (Å²) in [6.45, 7) is 0.723. The molecule has 4 nitrogen and oxygen atoms in total. The predicted octanol–water partition coefficient (Wildman–Crippen LogP) is 1.57. The maximum atomic E-state index is 10.9. The minimum atomic E-state index is -0.789. The second-order valence-corrected chi connectivity index (χ2v) is 3.81. The number of hydrogen-bond acceptors (Lipinski definition) is 3. The lowest BCUT2D eigenvalue weighted by atomic mass is 10.2. The molecule has 1 aliphatic rings. The van der Waals surface area contributed by atoms with Crippen molar-refractivity contribution in [2.24, 2.45) is 5.10 Å². The van der Waals surface area contributed by atoms with Gasteiger partial charge in [-0.05, 0) is 18.4 Å².